The number of carbonyl (C=O) groups excluding carboxylic acids is 1. The first kappa shape index (κ1) is 13.0. The van der Waals surface area contributed by atoms with E-state index in [2.05, 4.69) is 4.74 Å². The largest absolute Gasteiger partial charge is 0.465 e. The lowest BCUT2D eigenvalue weighted by Crippen LogP contribution is -2.07. The fraction of sp³-hybridized carbons (Fsp3) is 0.300. The van der Waals surface area contributed by atoms with E-state index >= 15 is 0 Å². The second-order valence-electron chi connectivity index (χ2n) is 3.36. The Morgan fingerprint density at radius 2 is 1.94 bits per heavy atom. The van der Waals surface area contributed by atoms with Crippen molar-refractivity contribution < 1.29 is 17.9 Å². The molecule has 0 unspecified atom stereocenters. The number of aryl methyl sites for hydroxylation is 1. The Morgan fingerprint density at radius 3 is 2.38 bits per heavy atom. The van der Waals surface area contributed by atoms with Crippen LogP contribution < -0.4 is 0 Å². The molecule has 0 heterocycles. The molecule has 0 atom stereocenters. The number of sulfone groups is 1. The quantitative estimate of drug-likeness (QED) is 0.763. The third kappa shape index (κ3) is 2.54. The second kappa shape index (κ2) is 4.43. The number of esters is 1. The maximum atomic E-state index is 11.4. The average molecular weight is 263 g/mol. The van der Waals surface area contributed by atoms with Crippen LogP contribution in [-0.4, -0.2) is 27.8 Å². The maximum absolute atomic E-state index is 11.4. The first-order valence-electron chi connectivity index (χ1n) is 4.36. The molecule has 88 valence electrons. The smallest absolute Gasteiger partial charge is 0.338 e. The second-order valence-corrected chi connectivity index (χ2v) is 5.75. The van der Waals surface area contributed by atoms with Crippen LogP contribution >= 0.6 is 11.6 Å². The number of ether oxygens (including phenoxy) is 1. The van der Waals surface area contributed by atoms with Gasteiger partial charge in [0.05, 0.1) is 22.6 Å². The normalized spacial score (nSPS) is 11.2. The van der Waals surface area contributed by atoms with Gasteiger partial charge in [0.1, 0.15) is 0 Å². The van der Waals surface area contributed by atoms with Gasteiger partial charge in [0.2, 0.25) is 0 Å². The van der Waals surface area contributed by atoms with Crippen molar-refractivity contribution in [2.24, 2.45) is 0 Å². The van der Waals surface area contributed by atoms with Gasteiger partial charge in [-0.1, -0.05) is 11.6 Å². The molecule has 1 aromatic carbocycles. The zero-order valence-corrected chi connectivity index (χ0v) is 10.6. The highest BCUT2D eigenvalue weighted by Gasteiger charge is 2.18. The van der Waals surface area contributed by atoms with Crippen molar-refractivity contribution in [1.82, 2.24) is 0 Å². The molecule has 6 heteroatoms. The number of rotatable bonds is 2. The third-order valence-corrected chi connectivity index (χ3v) is 3.65. The maximum Gasteiger partial charge on any atom is 0.338 e. The van der Waals surface area contributed by atoms with Crippen molar-refractivity contribution in [2.75, 3.05) is 13.4 Å². The molecule has 0 spiro atoms. The highest BCUT2D eigenvalue weighted by atomic mass is 35.5. The highest BCUT2D eigenvalue weighted by Crippen LogP contribution is 2.25. The van der Waals surface area contributed by atoms with E-state index in [1.54, 1.807) is 6.92 Å². The molecule has 4 nitrogen and oxygen atoms in total. The van der Waals surface area contributed by atoms with Gasteiger partial charge in [-0.25, -0.2) is 13.2 Å². The van der Waals surface area contributed by atoms with Crippen LogP contribution in [0.1, 0.15) is 15.9 Å². The van der Waals surface area contributed by atoms with Crippen LogP contribution in [0.2, 0.25) is 5.02 Å². The van der Waals surface area contributed by atoms with E-state index in [1.165, 1.54) is 19.2 Å². The summed E-state index contributed by atoms with van der Waals surface area (Å²) >= 11 is 5.80. The van der Waals surface area contributed by atoms with E-state index in [1.807, 2.05) is 0 Å². The van der Waals surface area contributed by atoms with Crippen molar-refractivity contribution >= 4 is 27.4 Å². The summed E-state index contributed by atoms with van der Waals surface area (Å²) in [6, 6.07) is 2.67. The van der Waals surface area contributed by atoms with Gasteiger partial charge < -0.3 is 4.74 Å². The third-order valence-electron chi connectivity index (χ3n) is 2.08. The first-order valence-corrected chi connectivity index (χ1v) is 6.63. The number of hydrogen-bond donors (Lipinski definition) is 0. The Balaban J connectivity index is 3.51. The van der Waals surface area contributed by atoms with Crippen molar-refractivity contribution in [3.8, 4) is 0 Å². The van der Waals surface area contributed by atoms with E-state index < -0.39 is 15.8 Å². The average Bonchev–Trinajstić information content (AvgIpc) is 2.14. The summed E-state index contributed by atoms with van der Waals surface area (Å²) in [7, 11) is -2.22. The zero-order chi connectivity index (χ0) is 12.5. The number of benzene rings is 1. The fourth-order valence-electron chi connectivity index (χ4n) is 1.27. The molecule has 0 bridgehead atoms. The molecule has 0 fully saturated rings. The lowest BCUT2D eigenvalue weighted by atomic mass is 10.1. The summed E-state index contributed by atoms with van der Waals surface area (Å²) in [5.74, 6) is -0.584. The standard InChI is InChI=1S/C10H11ClO4S/c1-6-4-8(11)9(16(3,13)14)5-7(6)10(12)15-2/h4-5H,1-3H3. The summed E-state index contributed by atoms with van der Waals surface area (Å²) in [6.07, 6.45) is 1.03. The topological polar surface area (TPSA) is 60.4 Å². The molecular formula is C10H11ClO4S. The molecule has 0 radical (unpaired) electrons. The van der Waals surface area contributed by atoms with Crippen LogP contribution in [0.3, 0.4) is 0 Å². The number of halogens is 1. The van der Waals surface area contributed by atoms with Crippen molar-refractivity contribution in [3.63, 3.8) is 0 Å². The molecule has 0 amide bonds. The molecule has 16 heavy (non-hydrogen) atoms. The summed E-state index contributed by atoms with van der Waals surface area (Å²) < 4.78 is 27.3. The molecule has 0 aromatic heterocycles. The summed E-state index contributed by atoms with van der Waals surface area (Å²) in [4.78, 5) is 11.3. The van der Waals surface area contributed by atoms with Crippen molar-refractivity contribution in [2.45, 2.75) is 11.8 Å². The monoisotopic (exact) mass is 262 g/mol. The van der Waals surface area contributed by atoms with Gasteiger partial charge in [-0.05, 0) is 24.6 Å². The van der Waals surface area contributed by atoms with Crippen LogP contribution in [0, 0.1) is 6.92 Å². The number of methoxy groups -OCH3 is 1. The van der Waals surface area contributed by atoms with Gasteiger partial charge >= 0.3 is 5.97 Å². The first-order chi connectivity index (χ1) is 7.27. The molecule has 0 aliphatic carbocycles. The summed E-state index contributed by atoms with van der Waals surface area (Å²) in [6.45, 7) is 1.66. The Morgan fingerprint density at radius 1 is 1.38 bits per heavy atom. The predicted molar refractivity (Wildman–Crippen MR) is 60.6 cm³/mol. The van der Waals surface area contributed by atoms with Crippen LogP contribution in [0.25, 0.3) is 0 Å². The van der Waals surface area contributed by atoms with E-state index in [0.717, 1.165) is 6.26 Å². The zero-order valence-electron chi connectivity index (χ0n) is 9.07. The molecule has 1 rings (SSSR count). The van der Waals surface area contributed by atoms with Crippen molar-refractivity contribution in [3.05, 3.63) is 28.3 Å². The Labute approximate surface area is 99.1 Å². The molecule has 1 aromatic rings. The van der Waals surface area contributed by atoms with Crippen LogP contribution in [0.4, 0.5) is 0 Å². The summed E-state index contributed by atoms with van der Waals surface area (Å²) in [5.41, 5.74) is 0.775. The molecule has 0 saturated carbocycles. The Hall–Kier alpha value is -1.07. The lowest BCUT2D eigenvalue weighted by Gasteiger charge is -2.08. The van der Waals surface area contributed by atoms with Gasteiger partial charge in [0.15, 0.2) is 9.84 Å². The van der Waals surface area contributed by atoms with E-state index in [-0.39, 0.29) is 15.5 Å². The van der Waals surface area contributed by atoms with Gasteiger partial charge in [0, 0.05) is 6.26 Å². The van der Waals surface area contributed by atoms with Crippen molar-refractivity contribution in [1.29, 1.82) is 0 Å². The van der Waals surface area contributed by atoms with E-state index in [4.69, 9.17) is 11.6 Å². The van der Waals surface area contributed by atoms with Gasteiger partial charge in [-0.3, -0.25) is 0 Å². The molecule has 0 aliphatic heterocycles. The molecule has 0 saturated heterocycles. The minimum absolute atomic E-state index is 0.0693. The fourth-order valence-corrected chi connectivity index (χ4v) is 2.65. The van der Waals surface area contributed by atoms with E-state index in [9.17, 15) is 13.2 Å². The number of hydrogen-bond acceptors (Lipinski definition) is 4. The van der Waals surface area contributed by atoms with Crippen LogP contribution in [0.5, 0.6) is 0 Å². The Kier molecular flexibility index (Phi) is 3.60. The minimum Gasteiger partial charge on any atom is -0.465 e. The molecular weight excluding hydrogens is 252 g/mol. The van der Waals surface area contributed by atoms with Gasteiger partial charge in [-0.2, -0.15) is 0 Å². The SMILES string of the molecule is COC(=O)c1cc(S(C)(=O)=O)c(Cl)cc1C. The molecule has 0 aliphatic rings. The minimum atomic E-state index is -3.45. The number of carbonyl (C=O) groups is 1. The van der Waals surface area contributed by atoms with Crippen LogP contribution in [0.15, 0.2) is 17.0 Å². The predicted octanol–water partition coefficient (Wildman–Crippen LogP) is 1.84. The van der Waals surface area contributed by atoms with E-state index in [0.29, 0.717) is 5.56 Å². The summed E-state index contributed by atoms with van der Waals surface area (Å²) in [5, 5.41) is 0.104. The van der Waals surface area contributed by atoms with Gasteiger partial charge in [0.25, 0.3) is 0 Å². The van der Waals surface area contributed by atoms with Crippen LogP contribution in [-0.2, 0) is 14.6 Å². The van der Waals surface area contributed by atoms with Gasteiger partial charge in [-0.15, -0.1) is 0 Å². The Bertz CT molecular complexity index is 534. The highest BCUT2D eigenvalue weighted by molar-refractivity contribution is 7.90. The lowest BCUT2D eigenvalue weighted by molar-refractivity contribution is 0.0599. The molecule has 0 N–H and O–H groups in total.